The molecular formula is C8H26N2O3Zr. The van der Waals surface area contributed by atoms with E-state index in [4.69, 9.17) is 26.8 Å². The predicted molar refractivity (Wildman–Crippen MR) is 57.6 cm³/mol. The quantitative estimate of drug-likeness (QED) is 0.402. The Hall–Kier alpha value is 0.683. The standard InChI is InChI=1S/C3H8N.C2H6N.3CH4O.Zr/c1-2-3-4;1-2-3;3*1-2;/h1-4H2;2H,3H2,1H3;3*2H,1H3;/q2*-1;;;;+2. The van der Waals surface area contributed by atoms with Crippen LogP contribution in [-0.4, -0.2) is 43.2 Å². The van der Waals surface area contributed by atoms with Gasteiger partial charge in [-0.05, 0) is 6.54 Å². The summed E-state index contributed by atoms with van der Waals surface area (Å²) < 4.78 is 0. The minimum Gasteiger partial charge on any atom is -0.484 e. The third kappa shape index (κ3) is 611. The van der Waals surface area contributed by atoms with Gasteiger partial charge in [0.15, 0.2) is 0 Å². The van der Waals surface area contributed by atoms with E-state index >= 15 is 0 Å². The number of rotatable bonds is 1. The van der Waals surface area contributed by atoms with Crippen molar-refractivity contribution in [3.05, 3.63) is 13.5 Å². The van der Waals surface area contributed by atoms with Crippen LogP contribution in [0.1, 0.15) is 13.3 Å². The minimum atomic E-state index is 0. The Balaban J connectivity index is -0.0000000146. The molecule has 14 heavy (non-hydrogen) atoms. The van der Waals surface area contributed by atoms with Crippen molar-refractivity contribution in [3.63, 3.8) is 0 Å². The zero-order valence-corrected chi connectivity index (χ0v) is 12.2. The van der Waals surface area contributed by atoms with E-state index in [0.717, 1.165) is 27.8 Å². The number of nitrogens with two attached hydrogens (primary N) is 2. The van der Waals surface area contributed by atoms with Crippen molar-refractivity contribution in [1.82, 2.24) is 0 Å². The van der Waals surface area contributed by atoms with E-state index in [1.54, 1.807) is 6.92 Å². The fourth-order valence-electron chi connectivity index (χ4n) is 0. The van der Waals surface area contributed by atoms with Crippen LogP contribution < -0.4 is 11.5 Å². The molecule has 0 aliphatic rings. The van der Waals surface area contributed by atoms with Crippen molar-refractivity contribution in [2.75, 3.05) is 27.9 Å². The molecule has 0 unspecified atom stereocenters. The van der Waals surface area contributed by atoms with E-state index in [1.807, 2.05) is 0 Å². The summed E-state index contributed by atoms with van der Waals surface area (Å²) in [6.07, 6.45) is 0.847. The third-order valence-electron chi connectivity index (χ3n) is 0.204. The first-order chi connectivity index (χ1) is 6.33. The van der Waals surface area contributed by atoms with Crippen LogP contribution in [-0.2, 0) is 26.2 Å². The van der Waals surface area contributed by atoms with Gasteiger partial charge in [-0.15, -0.1) is 0 Å². The molecule has 0 radical (unpaired) electrons. The largest absolute Gasteiger partial charge is 2.00 e. The molecular weight excluding hydrogens is 263 g/mol. The molecule has 0 amide bonds. The van der Waals surface area contributed by atoms with Gasteiger partial charge < -0.3 is 33.7 Å². The van der Waals surface area contributed by atoms with E-state index in [-0.39, 0.29) is 26.2 Å². The van der Waals surface area contributed by atoms with Crippen molar-refractivity contribution in [2.45, 2.75) is 13.3 Å². The summed E-state index contributed by atoms with van der Waals surface area (Å²) in [5, 5.41) is 21.0. The van der Waals surface area contributed by atoms with E-state index in [0.29, 0.717) is 6.54 Å². The van der Waals surface area contributed by atoms with Crippen molar-refractivity contribution in [2.24, 2.45) is 11.5 Å². The van der Waals surface area contributed by atoms with Crippen LogP contribution in [0.2, 0.25) is 0 Å². The first-order valence-electron chi connectivity index (χ1n) is 3.66. The summed E-state index contributed by atoms with van der Waals surface area (Å²) >= 11 is 0. The Morgan fingerprint density at radius 2 is 1.14 bits per heavy atom. The van der Waals surface area contributed by atoms with E-state index in [2.05, 4.69) is 6.92 Å². The number of hydrogen-bond acceptors (Lipinski definition) is 5. The predicted octanol–water partition coefficient (Wildman–Crippen LogP) is -0.881. The first-order valence-corrected chi connectivity index (χ1v) is 3.66. The SMILES string of the molecule is CO.CO.CO.C[CH-]N.[CH2-]CCN.[Zr+2]. The summed E-state index contributed by atoms with van der Waals surface area (Å²) in [6.45, 7) is 7.47. The van der Waals surface area contributed by atoms with Gasteiger partial charge in [0.25, 0.3) is 0 Å². The average Bonchev–Trinajstić information content (AvgIpc) is 2.27. The van der Waals surface area contributed by atoms with Gasteiger partial charge in [0.1, 0.15) is 0 Å². The van der Waals surface area contributed by atoms with Crippen molar-refractivity contribution < 1.29 is 41.5 Å². The summed E-state index contributed by atoms with van der Waals surface area (Å²) in [6, 6.07) is 0. The molecule has 0 aromatic heterocycles. The summed E-state index contributed by atoms with van der Waals surface area (Å²) in [7, 11) is 3.00. The molecule has 0 aliphatic carbocycles. The summed E-state index contributed by atoms with van der Waals surface area (Å²) in [5.41, 5.74) is 9.69. The fourth-order valence-corrected chi connectivity index (χ4v) is 0. The second-order valence-electron chi connectivity index (χ2n) is 0.976. The molecule has 0 aliphatic heterocycles. The van der Waals surface area contributed by atoms with E-state index < -0.39 is 0 Å². The maximum absolute atomic E-state index is 7.00. The Morgan fingerprint density at radius 1 is 1.07 bits per heavy atom. The Morgan fingerprint density at radius 3 is 1.14 bits per heavy atom. The van der Waals surface area contributed by atoms with Crippen LogP contribution in [0, 0.1) is 13.5 Å². The van der Waals surface area contributed by atoms with Crippen molar-refractivity contribution in [1.29, 1.82) is 0 Å². The number of hydrogen-bond donors (Lipinski definition) is 5. The molecule has 0 spiro atoms. The smallest absolute Gasteiger partial charge is 0.484 e. The summed E-state index contributed by atoms with van der Waals surface area (Å²) in [4.78, 5) is 0. The van der Waals surface area contributed by atoms with Crippen molar-refractivity contribution >= 4 is 0 Å². The maximum Gasteiger partial charge on any atom is 2.00 e. The van der Waals surface area contributed by atoms with Crippen LogP contribution >= 0.6 is 0 Å². The zero-order valence-electron chi connectivity index (χ0n) is 9.70. The molecule has 0 aromatic rings. The minimum absolute atomic E-state index is 0. The van der Waals surface area contributed by atoms with Gasteiger partial charge in [-0.2, -0.15) is 13.3 Å². The Kier molecular flexibility index (Phi) is 423. The molecule has 0 atom stereocenters. The molecule has 0 fully saturated rings. The fraction of sp³-hybridized carbons (Fsp3) is 0.750. The molecule has 0 saturated heterocycles. The van der Waals surface area contributed by atoms with Gasteiger partial charge in [-0.25, -0.2) is 0 Å². The van der Waals surface area contributed by atoms with Gasteiger partial charge in [-0.1, -0.05) is 0 Å². The summed E-state index contributed by atoms with van der Waals surface area (Å²) in [5.74, 6) is 0. The second-order valence-corrected chi connectivity index (χ2v) is 0.976. The van der Waals surface area contributed by atoms with Gasteiger partial charge in [0, 0.05) is 21.3 Å². The van der Waals surface area contributed by atoms with Crippen molar-refractivity contribution in [3.8, 4) is 0 Å². The molecule has 0 bridgehead atoms. The normalized spacial score (nSPS) is 4.71. The first kappa shape index (κ1) is 36.5. The molecule has 0 saturated carbocycles. The molecule has 0 heterocycles. The molecule has 7 N–H and O–H groups in total. The molecule has 5 nitrogen and oxygen atoms in total. The maximum atomic E-state index is 7.00. The topological polar surface area (TPSA) is 113 Å². The van der Waals surface area contributed by atoms with Gasteiger partial charge in [0.2, 0.25) is 0 Å². The molecule has 0 rings (SSSR count). The van der Waals surface area contributed by atoms with Crippen LogP contribution in [0.25, 0.3) is 0 Å². The van der Waals surface area contributed by atoms with Crippen LogP contribution in [0.15, 0.2) is 0 Å². The van der Waals surface area contributed by atoms with Gasteiger partial charge >= 0.3 is 26.2 Å². The van der Waals surface area contributed by atoms with Crippen LogP contribution in [0.3, 0.4) is 0 Å². The van der Waals surface area contributed by atoms with Gasteiger partial charge in [0.05, 0.1) is 0 Å². The Bertz CT molecular complexity index is 30.1. The molecule has 6 heteroatoms. The Labute approximate surface area is 108 Å². The molecule has 0 aromatic carbocycles. The monoisotopic (exact) mass is 288 g/mol. The van der Waals surface area contributed by atoms with E-state index in [1.165, 1.54) is 6.54 Å². The molecule has 90 valence electrons. The van der Waals surface area contributed by atoms with E-state index in [9.17, 15) is 0 Å². The zero-order chi connectivity index (χ0) is 12.1. The number of aliphatic hydroxyl groups excluding tert-OH is 3. The number of aliphatic hydroxyl groups is 3. The second kappa shape index (κ2) is 162. The van der Waals surface area contributed by atoms with Crippen LogP contribution in [0.5, 0.6) is 0 Å². The third-order valence-corrected chi connectivity index (χ3v) is 0.204. The van der Waals surface area contributed by atoms with Gasteiger partial charge in [-0.3, -0.25) is 6.54 Å². The average molecular weight is 290 g/mol. The van der Waals surface area contributed by atoms with Crippen LogP contribution in [0.4, 0.5) is 0 Å².